The number of rotatable bonds is 8. The SMILES string of the molecule is CCSCCCN(CC)CCN. The van der Waals surface area contributed by atoms with Gasteiger partial charge in [-0.1, -0.05) is 13.8 Å². The molecule has 0 aromatic carbocycles. The molecule has 2 N–H and O–H groups in total. The van der Waals surface area contributed by atoms with Crippen LogP contribution >= 0.6 is 11.8 Å². The molecule has 2 nitrogen and oxygen atoms in total. The summed E-state index contributed by atoms with van der Waals surface area (Å²) in [6, 6.07) is 0. The first-order valence-corrected chi connectivity index (χ1v) is 6.00. The van der Waals surface area contributed by atoms with Crippen molar-refractivity contribution < 1.29 is 0 Å². The van der Waals surface area contributed by atoms with Crippen molar-refractivity contribution in [3.8, 4) is 0 Å². The second-order valence-corrected chi connectivity index (χ2v) is 4.17. The smallest absolute Gasteiger partial charge is 0.0104 e. The predicted molar refractivity (Wildman–Crippen MR) is 58.8 cm³/mol. The fourth-order valence-electron chi connectivity index (χ4n) is 1.15. The molecule has 0 aliphatic rings. The standard InChI is InChI=1S/C9H22N2S/c1-3-11(8-6-10)7-5-9-12-4-2/h3-10H2,1-2H3. The second-order valence-electron chi connectivity index (χ2n) is 2.77. The highest BCUT2D eigenvalue weighted by molar-refractivity contribution is 7.99. The van der Waals surface area contributed by atoms with Crippen LogP contribution < -0.4 is 5.73 Å². The summed E-state index contributed by atoms with van der Waals surface area (Å²) in [7, 11) is 0. The first-order chi connectivity index (χ1) is 5.85. The first kappa shape index (κ1) is 12.3. The maximum atomic E-state index is 5.49. The Kier molecular flexibility index (Phi) is 9.57. The molecule has 0 aliphatic carbocycles. The normalized spacial score (nSPS) is 11.0. The van der Waals surface area contributed by atoms with Gasteiger partial charge in [-0.2, -0.15) is 11.8 Å². The Bertz CT molecular complexity index is 88.6. The van der Waals surface area contributed by atoms with Crippen LogP contribution in [0, 0.1) is 0 Å². The summed E-state index contributed by atoms with van der Waals surface area (Å²) < 4.78 is 0. The third-order valence-electron chi connectivity index (χ3n) is 1.86. The molecule has 0 aliphatic heterocycles. The van der Waals surface area contributed by atoms with E-state index in [4.69, 9.17) is 5.73 Å². The maximum Gasteiger partial charge on any atom is 0.0104 e. The van der Waals surface area contributed by atoms with Crippen molar-refractivity contribution in [1.29, 1.82) is 0 Å². The Morgan fingerprint density at radius 2 is 2.00 bits per heavy atom. The van der Waals surface area contributed by atoms with E-state index in [1.165, 1.54) is 24.5 Å². The Balaban J connectivity index is 3.19. The lowest BCUT2D eigenvalue weighted by molar-refractivity contribution is 0.298. The topological polar surface area (TPSA) is 29.3 Å². The van der Waals surface area contributed by atoms with E-state index in [2.05, 4.69) is 18.7 Å². The molecule has 0 atom stereocenters. The van der Waals surface area contributed by atoms with Crippen molar-refractivity contribution in [2.24, 2.45) is 5.73 Å². The minimum Gasteiger partial charge on any atom is -0.329 e. The van der Waals surface area contributed by atoms with Crippen molar-refractivity contribution in [2.45, 2.75) is 20.3 Å². The van der Waals surface area contributed by atoms with Crippen LogP contribution in [0.3, 0.4) is 0 Å². The van der Waals surface area contributed by atoms with Gasteiger partial charge >= 0.3 is 0 Å². The number of hydrogen-bond donors (Lipinski definition) is 1. The first-order valence-electron chi connectivity index (χ1n) is 4.85. The molecule has 0 saturated heterocycles. The number of nitrogens with zero attached hydrogens (tertiary/aromatic N) is 1. The molecule has 0 heterocycles. The van der Waals surface area contributed by atoms with Gasteiger partial charge in [0.2, 0.25) is 0 Å². The summed E-state index contributed by atoms with van der Waals surface area (Å²) in [6.07, 6.45) is 1.30. The van der Waals surface area contributed by atoms with Gasteiger partial charge in [0, 0.05) is 13.1 Å². The second kappa shape index (κ2) is 9.36. The van der Waals surface area contributed by atoms with Crippen LogP contribution in [-0.4, -0.2) is 42.6 Å². The zero-order valence-electron chi connectivity index (χ0n) is 8.38. The molecule has 0 unspecified atom stereocenters. The summed E-state index contributed by atoms with van der Waals surface area (Å²) in [4.78, 5) is 2.41. The molecule has 3 heteroatoms. The van der Waals surface area contributed by atoms with E-state index in [0.717, 1.165) is 19.6 Å². The number of thioether (sulfide) groups is 1. The molecule has 0 aromatic rings. The third kappa shape index (κ3) is 6.95. The number of likely N-dealkylation sites (N-methyl/N-ethyl adjacent to an activating group) is 1. The van der Waals surface area contributed by atoms with Gasteiger partial charge in [0.1, 0.15) is 0 Å². The fraction of sp³-hybridized carbons (Fsp3) is 1.00. The fourth-order valence-corrected chi connectivity index (χ4v) is 1.77. The molecule has 0 saturated carbocycles. The molecule has 0 radical (unpaired) electrons. The minimum atomic E-state index is 0.786. The molecule has 0 rings (SSSR count). The molecular formula is C9H22N2S. The molecule has 0 aromatic heterocycles. The van der Waals surface area contributed by atoms with Gasteiger partial charge in [-0.05, 0) is 31.0 Å². The van der Waals surface area contributed by atoms with E-state index >= 15 is 0 Å². The van der Waals surface area contributed by atoms with E-state index < -0.39 is 0 Å². The van der Waals surface area contributed by atoms with E-state index in [1.807, 2.05) is 11.8 Å². The van der Waals surface area contributed by atoms with Gasteiger partial charge in [-0.3, -0.25) is 0 Å². The highest BCUT2D eigenvalue weighted by Crippen LogP contribution is 2.01. The Morgan fingerprint density at radius 3 is 2.50 bits per heavy atom. The van der Waals surface area contributed by atoms with Gasteiger partial charge in [-0.25, -0.2) is 0 Å². The van der Waals surface area contributed by atoms with E-state index in [-0.39, 0.29) is 0 Å². The predicted octanol–water partition coefficient (Wildman–Crippen LogP) is 1.41. The monoisotopic (exact) mass is 190 g/mol. The van der Waals surface area contributed by atoms with Gasteiger partial charge in [-0.15, -0.1) is 0 Å². The molecular weight excluding hydrogens is 168 g/mol. The van der Waals surface area contributed by atoms with Crippen LogP contribution in [0.4, 0.5) is 0 Å². The summed E-state index contributed by atoms with van der Waals surface area (Å²) >= 11 is 2.02. The summed E-state index contributed by atoms with van der Waals surface area (Å²) in [5, 5.41) is 0. The molecule has 0 fully saturated rings. The number of hydrogen-bond acceptors (Lipinski definition) is 3. The summed E-state index contributed by atoms with van der Waals surface area (Å²) in [5.41, 5.74) is 5.49. The van der Waals surface area contributed by atoms with Crippen molar-refractivity contribution in [3.63, 3.8) is 0 Å². The van der Waals surface area contributed by atoms with Crippen molar-refractivity contribution in [3.05, 3.63) is 0 Å². The Hall–Kier alpha value is 0.270. The van der Waals surface area contributed by atoms with Crippen molar-refractivity contribution in [1.82, 2.24) is 4.90 Å². The highest BCUT2D eigenvalue weighted by Gasteiger charge is 1.98. The molecule has 0 spiro atoms. The van der Waals surface area contributed by atoms with Gasteiger partial charge in [0.15, 0.2) is 0 Å². The average molecular weight is 190 g/mol. The van der Waals surface area contributed by atoms with Crippen LogP contribution in [0.5, 0.6) is 0 Å². The van der Waals surface area contributed by atoms with E-state index in [1.54, 1.807) is 0 Å². The molecule has 12 heavy (non-hydrogen) atoms. The zero-order chi connectivity index (χ0) is 9.23. The van der Waals surface area contributed by atoms with Crippen LogP contribution in [0.2, 0.25) is 0 Å². The average Bonchev–Trinajstić information content (AvgIpc) is 2.10. The lowest BCUT2D eigenvalue weighted by Crippen LogP contribution is -2.30. The lowest BCUT2D eigenvalue weighted by atomic mass is 10.4. The van der Waals surface area contributed by atoms with E-state index in [9.17, 15) is 0 Å². The van der Waals surface area contributed by atoms with Gasteiger partial charge < -0.3 is 10.6 Å². The Labute approximate surface area is 80.9 Å². The zero-order valence-corrected chi connectivity index (χ0v) is 9.20. The summed E-state index contributed by atoms with van der Waals surface area (Å²) in [6.45, 7) is 8.58. The van der Waals surface area contributed by atoms with E-state index in [0.29, 0.717) is 0 Å². The van der Waals surface area contributed by atoms with Gasteiger partial charge in [0.25, 0.3) is 0 Å². The highest BCUT2D eigenvalue weighted by atomic mass is 32.2. The maximum absolute atomic E-state index is 5.49. The lowest BCUT2D eigenvalue weighted by Gasteiger charge is -2.18. The summed E-state index contributed by atoms with van der Waals surface area (Å²) in [5.74, 6) is 2.53. The van der Waals surface area contributed by atoms with Crippen LogP contribution in [0.15, 0.2) is 0 Å². The molecule has 0 bridgehead atoms. The largest absolute Gasteiger partial charge is 0.329 e. The molecule has 0 amide bonds. The van der Waals surface area contributed by atoms with Crippen molar-refractivity contribution in [2.75, 3.05) is 37.7 Å². The third-order valence-corrected chi connectivity index (χ3v) is 2.85. The minimum absolute atomic E-state index is 0.786. The Morgan fingerprint density at radius 1 is 1.25 bits per heavy atom. The number of nitrogens with two attached hydrogens (primary N) is 1. The quantitative estimate of drug-likeness (QED) is 0.587. The van der Waals surface area contributed by atoms with Crippen LogP contribution in [0.25, 0.3) is 0 Å². The van der Waals surface area contributed by atoms with Crippen LogP contribution in [-0.2, 0) is 0 Å². The van der Waals surface area contributed by atoms with Crippen molar-refractivity contribution >= 4 is 11.8 Å². The molecule has 74 valence electrons. The van der Waals surface area contributed by atoms with Gasteiger partial charge in [0.05, 0.1) is 0 Å². The van der Waals surface area contributed by atoms with Crippen LogP contribution in [0.1, 0.15) is 20.3 Å².